The molecule has 8 heteroatoms. The van der Waals surface area contributed by atoms with Crippen LogP contribution in [-0.2, 0) is 4.79 Å². The molecule has 2 aromatic carbocycles. The Balaban J connectivity index is 1.49. The van der Waals surface area contributed by atoms with Crippen LogP contribution in [0.4, 0.5) is 5.69 Å². The van der Waals surface area contributed by atoms with Gasteiger partial charge in [0.15, 0.2) is 11.4 Å². The van der Waals surface area contributed by atoms with E-state index in [4.69, 9.17) is 0 Å². The zero-order valence-corrected chi connectivity index (χ0v) is 16.4. The van der Waals surface area contributed by atoms with Crippen molar-refractivity contribution in [1.29, 1.82) is 0 Å². The predicted molar refractivity (Wildman–Crippen MR) is 112 cm³/mol. The number of para-hydroxylation sites is 1. The highest BCUT2D eigenvalue weighted by Gasteiger charge is 2.13. The van der Waals surface area contributed by atoms with Gasteiger partial charge in [-0.05, 0) is 31.2 Å². The normalized spacial score (nSPS) is 10.8. The van der Waals surface area contributed by atoms with Gasteiger partial charge < -0.3 is 5.32 Å². The molecule has 0 fully saturated rings. The first-order valence-electron chi connectivity index (χ1n) is 8.89. The number of aromatic nitrogens is 4. The highest BCUT2D eigenvalue weighted by atomic mass is 32.2. The Bertz CT molecular complexity index is 1190. The molecule has 0 aliphatic rings. The standard InChI is InChI=1S/C21H17N5O2S/c1-14(27)15-6-5-7-16(10-15)25-19(28)12-29-21-18-11-24-26(20(18)22-13-23-21)17-8-3-2-4-9-17/h2-11,13H,12H2,1H3,(H,25,28). The summed E-state index contributed by atoms with van der Waals surface area (Å²) >= 11 is 1.31. The van der Waals surface area contributed by atoms with E-state index in [9.17, 15) is 9.59 Å². The quantitative estimate of drug-likeness (QED) is 0.300. The lowest BCUT2D eigenvalue weighted by Gasteiger charge is -2.07. The van der Waals surface area contributed by atoms with Gasteiger partial charge in [-0.2, -0.15) is 5.10 Å². The molecule has 1 N–H and O–H groups in total. The lowest BCUT2D eigenvalue weighted by molar-refractivity contribution is -0.113. The lowest BCUT2D eigenvalue weighted by Crippen LogP contribution is -2.14. The summed E-state index contributed by atoms with van der Waals surface area (Å²) in [6.07, 6.45) is 3.18. The summed E-state index contributed by atoms with van der Waals surface area (Å²) in [6.45, 7) is 1.49. The number of hydrogen-bond donors (Lipinski definition) is 1. The second-order valence-corrected chi connectivity index (χ2v) is 7.25. The molecule has 0 radical (unpaired) electrons. The van der Waals surface area contributed by atoms with Gasteiger partial charge in [0, 0.05) is 11.3 Å². The summed E-state index contributed by atoms with van der Waals surface area (Å²) in [5.74, 6) is -0.0559. The first-order valence-corrected chi connectivity index (χ1v) is 9.88. The van der Waals surface area contributed by atoms with Gasteiger partial charge in [0.25, 0.3) is 0 Å². The second-order valence-electron chi connectivity index (χ2n) is 6.28. The minimum atomic E-state index is -0.182. The average molecular weight is 403 g/mol. The number of thioether (sulfide) groups is 1. The number of nitrogens with one attached hydrogen (secondary N) is 1. The summed E-state index contributed by atoms with van der Waals surface area (Å²) in [6, 6.07) is 16.6. The number of amides is 1. The fourth-order valence-electron chi connectivity index (χ4n) is 2.84. The molecule has 0 aliphatic carbocycles. The molecule has 4 aromatic rings. The Kier molecular flexibility index (Phi) is 5.35. The summed E-state index contributed by atoms with van der Waals surface area (Å²) in [4.78, 5) is 32.5. The zero-order valence-electron chi connectivity index (χ0n) is 15.6. The first kappa shape index (κ1) is 18.8. The number of hydrogen-bond acceptors (Lipinski definition) is 6. The predicted octanol–water partition coefficient (Wildman–Crippen LogP) is 3.75. The maximum absolute atomic E-state index is 12.3. The Morgan fingerprint density at radius 3 is 2.69 bits per heavy atom. The van der Waals surface area contributed by atoms with Gasteiger partial charge in [-0.3, -0.25) is 9.59 Å². The molecule has 29 heavy (non-hydrogen) atoms. The van der Waals surface area contributed by atoms with Gasteiger partial charge in [0.05, 0.1) is 23.0 Å². The highest BCUT2D eigenvalue weighted by Crippen LogP contribution is 2.26. The summed E-state index contributed by atoms with van der Waals surface area (Å²) in [5, 5.41) is 8.70. The highest BCUT2D eigenvalue weighted by molar-refractivity contribution is 8.00. The van der Waals surface area contributed by atoms with Crippen LogP contribution in [0, 0.1) is 0 Å². The number of anilines is 1. The van der Waals surface area contributed by atoms with E-state index < -0.39 is 0 Å². The van der Waals surface area contributed by atoms with E-state index in [-0.39, 0.29) is 17.4 Å². The fraction of sp³-hybridized carbons (Fsp3) is 0.0952. The van der Waals surface area contributed by atoms with Crippen LogP contribution in [0.15, 0.2) is 72.1 Å². The van der Waals surface area contributed by atoms with Crippen LogP contribution in [0.3, 0.4) is 0 Å². The molecular formula is C21H17N5O2S. The maximum Gasteiger partial charge on any atom is 0.234 e. The van der Waals surface area contributed by atoms with Crippen molar-refractivity contribution in [3.63, 3.8) is 0 Å². The molecule has 0 unspecified atom stereocenters. The van der Waals surface area contributed by atoms with Gasteiger partial charge >= 0.3 is 0 Å². The third kappa shape index (κ3) is 4.17. The summed E-state index contributed by atoms with van der Waals surface area (Å²) < 4.78 is 1.74. The van der Waals surface area contributed by atoms with Crippen LogP contribution in [0.5, 0.6) is 0 Å². The molecule has 0 bridgehead atoms. The van der Waals surface area contributed by atoms with Crippen LogP contribution in [-0.4, -0.2) is 37.2 Å². The molecule has 1 amide bonds. The van der Waals surface area contributed by atoms with E-state index in [2.05, 4.69) is 20.4 Å². The second kappa shape index (κ2) is 8.24. The van der Waals surface area contributed by atoms with E-state index in [0.29, 0.717) is 21.9 Å². The Hall–Kier alpha value is -3.52. The van der Waals surface area contributed by atoms with Crippen molar-refractivity contribution in [2.75, 3.05) is 11.1 Å². The molecule has 0 atom stereocenters. The average Bonchev–Trinajstić information content (AvgIpc) is 3.18. The van der Waals surface area contributed by atoms with Crippen molar-refractivity contribution in [1.82, 2.24) is 19.7 Å². The lowest BCUT2D eigenvalue weighted by atomic mass is 10.1. The third-order valence-electron chi connectivity index (χ3n) is 4.22. The number of carbonyl (C=O) groups excluding carboxylic acids is 2. The number of rotatable bonds is 6. The van der Waals surface area contributed by atoms with Crippen LogP contribution in [0.25, 0.3) is 16.7 Å². The molecule has 0 saturated carbocycles. The van der Waals surface area contributed by atoms with Gasteiger partial charge in [-0.15, -0.1) is 0 Å². The number of nitrogens with zero attached hydrogens (tertiary/aromatic N) is 4. The Labute approximate surface area is 171 Å². The number of carbonyl (C=O) groups is 2. The van der Waals surface area contributed by atoms with Crippen LogP contribution in [0.1, 0.15) is 17.3 Å². The smallest absolute Gasteiger partial charge is 0.234 e. The van der Waals surface area contributed by atoms with Crippen LogP contribution < -0.4 is 5.32 Å². The SMILES string of the molecule is CC(=O)c1cccc(NC(=O)CSc2ncnc3c2cnn3-c2ccccc2)c1. The van der Waals surface area contributed by atoms with E-state index >= 15 is 0 Å². The Morgan fingerprint density at radius 1 is 1.07 bits per heavy atom. The molecular weight excluding hydrogens is 386 g/mol. The molecule has 0 saturated heterocycles. The number of Topliss-reactive ketones (excluding diaryl/α,β-unsaturated/α-hetero) is 1. The topological polar surface area (TPSA) is 89.8 Å². The van der Waals surface area contributed by atoms with Crippen molar-refractivity contribution in [3.8, 4) is 5.69 Å². The molecule has 0 aliphatic heterocycles. The largest absolute Gasteiger partial charge is 0.325 e. The minimum absolute atomic E-state index is 0.0470. The van der Waals surface area contributed by atoms with Gasteiger partial charge in [-0.25, -0.2) is 14.6 Å². The van der Waals surface area contributed by atoms with Crippen molar-refractivity contribution >= 4 is 40.2 Å². The molecule has 144 valence electrons. The van der Waals surface area contributed by atoms with Crippen LogP contribution >= 0.6 is 11.8 Å². The molecule has 2 heterocycles. The van der Waals surface area contributed by atoms with E-state index in [1.165, 1.54) is 25.0 Å². The van der Waals surface area contributed by atoms with Gasteiger partial charge in [-0.1, -0.05) is 42.1 Å². The summed E-state index contributed by atoms with van der Waals surface area (Å²) in [7, 11) is 0. The minimum Gasteiger partial charge on any atom is -0.325 e. The summed E-state index contributed by atoms with van der Waals surface area (Å²) in [5.41, 5.74) is 2.73. The van der Waals surface area contributed by atoms with Gasteiger partial charge in [0.1, 0.15) is 11.4 Å². The van der Waals surface area contributed by atoms with E-state index in [1.807, 2.05) is 30.3 Å². The fourth-order valence-corrected chi connectivity index (χ4v) is 3.60. The number of fused-ring (bicyclic) bond motifs is 1. The van der Waals surface area contributed by atoms with Crippen molar-refractivity contribution < 1.29 is 9.59 Å². The van der Waals surface area contributed by atoms with Crippen molar-refractivity contribution in [3.05, 3.63) is 72.7 Å². The monoisotopic (exact) mass is 403 g/mol. The third-order valence-corrected chi connectivity index (χ3v) is 5.23. The Morgan fingerprint density at radius 2 is 1.90 bits per heavy atom. The van der Waals surface area contributed by atoms with Crippen LogP contribution in [0.2, 0.25) is 0 Å². The molecule has 2 aromatic heterocycles. The molecule has 7 nitrogen and oxygen atoms in total. The zero-order chi connectivity index (χ0) is 20.2. The molecule has 4 rings (SSSR count). The van der Waals surface area contributed by atoms with Gasteiger partial charge in [0.2, 0.25) is 5.91 Å². The number of benzene rings is 2. The first-order chi connectivity index (χ1) is 14.1. The number of ketones is 1. The molecule has 0 spiro atoms. The van der Waals surface area contributed by atoms with Crippen molar-refractivity contribution in [2.24, 2.45) is 0 Å². The van der Waals surface area contributed by atoms with E-state index in [0.717, 1.165) is 11.1 Å². The van der Waals surface area contributed by atoms with Crippen molar-refractivity contribution in [2.45, 2.75) is 11.9 Å². The maximum atomic E-state index is 12.3. The van der Waals surface area contributed by atoms with E-state index in [1.54, 1.807) is 35.1 Å².